The first-order valence-electron chi connectivity index (χ1n) is 9.85. The Balaban J connectivity index is 0.00000225. The Kier molecular flexibility index (Phi) is 7.07. The highest BCUT2D eigenvalue weighted by molar-refractivity contribution is 6.30. The van der Waals surface area contributed by atoms with Gasteiger partial charge in [-0.3, -0.25) is 9.59 Å². The van der Waals surface area contributed by atoms with Crippen LogP contribution in [0.3, 0.4) is 0 Å². The molecule has 1 aromatic carbocycles. The Labute approximate surface area is 176 Å². The van der Waals surface area contributed by atoms with Gasteiger partial charge in [-0.1, -0.05) is 11.6 Å². The van der Waals surface area contributed by atoms with Crippen molar-refractivity contribution in [2.24, 2.45) is 5.92 Å². The Morgan fingerprint density at radius 2 is 2.14 bits per heavy atom. The van der Waals surface area contributed by atoms with Crippen LogP contribution in [0, 0.1) is 5.92 Å². The van der Waals surface area contributed by atoms with Crippen molar-refractivity contribution in [1.29, 1.82) is 0 Å². The first-order valence-corrected chi connectivity index (χ1v) is 10.2. The number of carbonyl (C=O) groups is 2. The second-order valence-corrected chi connectivity index (χ2v) is 8.19. The number of carbonyl (C=O) groups excluding carboxylic acids is 2. The molecule has 6 nitrogen and oxygen atoms in total. The van der Waals surface area contributed by atoms with Crippen molar-refractivity contribution in [2.75, 3.05) is 26.2 Å². The number of piperidine rings is 1. The number of nitrogens with one attached hydrogen (secondary N) is 2. The molecule has 8 heteroatoms. The van der Waals surface area contributed by atoms with Gasteiger partial charge in [0.15, 0.2) is 6.10 Å². The first kappa shape index (κ1) is 21.2. The molecule has 0 radical (unpaired) electrons. The van der Waals surface area contributed by atoms with E-state index in [0.29, 0.717) is 30.5 Å². The molecule has 0 saturated carbocycles. The van der Waals surface area contributed by atoms with Crippen molar-refractivity contribution in [1.82, 2.24) is 15.5 Å². The van der Waals surface area contributed by atoms with Crippen LogP contribution in [0.15, 0.2) is 18.2 Å². The highest BCUT2D eigenvalue weighted by Crippen LogP contribution is 2.32. The molecule has 0 bridgehead atoms. The van der Waals surface area contributed by atoms with E-state index in [2.05, 4.69) is 10.6 Å². The molecule has 0 aromatic heterocycles. The van der Waals surface area contributed by atoms with Crippen molar-refractivity contribution in [2.45, 2.75) is 44.2 Å². The summed E-state index contributed by atoms with van der Waals surface area (Å²) in [6.45, 7) is 2.97. The van der Waals surface area contributed by atoms with Crippen LogP contribution in [0.2, 0.25) is 5.02 Å². The smallest absolute Gasteiger partial charge is 0.264 e. The van der Waals surface area contributed by atoms with Crippen LogP contribution >= 0.6 is 24.0 Å². The van der Waals surface area contributed by atoms with Crippen LogP contribution in [-0.2, 0) is 16.0 Å². The number of likely N-dealkylation sites (tertiary alicyclic amines) is 1. The van der Waals surface area contributed by atoms with Crippen molar-refractivity contribution in [3.05, 3.63) is 28.8 Å². The number of fused-ring (bicyclic) bond motifs is 1. The summed E-state index contributed by atoms with van der Waals surface area (Å²) >= 11 is 6.04. The van der Waals surface area contributed by atoms with Crippen LogP contribution in [0.5, 0.6) is 5.75 Å². The van der Waals surface area contributed by atoms with Gasteiger partial charge < -0.3 is 20.3 Å². The minimum Gasteiger partial charge on any atom is -0.480 e. The summed E-state index contributed by atoms with van der Waals surface area (Å²) in [7, 11) is 0. The van der Waals surface area contributed by atoms with Gasteiger partial charge in [0.2, 0.25) is 5.91 Å². The maximum absolute atomic E-state index is 12.9. The van der Waals surface area contributed by atoms with Gasteiger partial charge in [0.05, 0.1) is 6.04 Å². The van der Waals surface area contributed by atoms with Crippen molar-refractivity contribution < 1.29 is 14.3 Å². The monoisotopic (exact) mass is 427 g/mol. The molecule has 2 amide bonds. The molecular formula is C20H27Cl2N3O3. The van der Waals surface area contributed by atoms with Crippen LogP contribution in [0.4, 0.5) is 0 Å². The fraction of sp³-hybridized carbons (Fsp3) is 0.600. The van der Waals surface area contributed by atoms with Gasteiger partial charge in [0.1, 0.15) is 5.75 Å². The van der Waals surface area contributed by atoms with Crippen molar-refractivity contribution in [3.63, 3.8) is 0 Å². The maximum Gasteiger partial charge on any atom is 0.264 e. The zero-order valence-corrected chi connectivity index (χ0v) is 17.4. The number of halogens is 2. The third kappa shape index (κ3) is 4.73. The standard InChI is InChI=1S/C20H26ClN3O3.ClH/c21-15-5-6-17-14(9-15)10-18(27-17)20(26)24-8-2-3-13(12-24)11-23-19(25)16-4-1-7-22-16;/h5-6,9,13,16,18,22H,1-4,7-8,10-12H2,(H,23,25);1H. The van der Waals surface area contributed by atoms with E-state index in [1.807, 2.05) is 17.0 Å². The van der Waals surface area contributed by atoms with E-state index in [0.717, 1.165) is 50.1 Å². The second-order valence-electron chi connectivity index (χ2n) is 7.75. The molecule has 3 heterocycles. The number of ether oxygens (including phenoxy) is 1. The fourth-order valence-corrected chi connectivity index (χ4v) is 4.46. The molecule has 3 aliphatic heterocycles. The van der Waals surface area contributed by atoms with Gasteiger partial charge in [-0.2, -0.15) is 0 Å². The molecule has 0 spiro atoms. The lowest BCUT2D eigenvalue weighted by molar-refractivity contribution is -0.139. The summed E-state index contributed by atoms with van der Waals surface area (Å²) < 4.78 is 5.85. The van der Waals surface area contributed by atoms with E-state index in [1.165, 1.54) is 0 Å². The molecule has 28 heavy (non-hydrogen) atoms. The van der Waals surface area contributed by atoms with Gasteiger partial charge >= 0.3 is 0 Å². The maximum atomic E-state index is 12.9. The van der Waals surface area contributed by atoms with E-state index in [1.54, 1.807) is 6.07 Å². The molecule has 3 atom stereocenters. The quantitative estimate of drug-likeness (QED) is 0.772. The Hall–Kier alpha value is -1.50. The lowest BCUT2D eigenvalue weighted by Crippen LogP contribution is -2.49. The average molecular weight is 428 g/mol. The number of nitrogens with zero attached hydrogens (tertiary/aromatic N) is 1. The van der Waals surface area contributed by atoms with Crippen molar-refractivity contribution in [3.8, 4) is 5.75 Å². The molecule has 0 aliphatic carbocycles. The predicted molar refractivity (Wildman–Crippen MR) is 110 cm³/mol. The summed E-state index contributed by atoms with van der Waals surface area (Å²) in [4.78, 5) is 27.0. The Morgan fingerprint density at radius 1 is 1.29 bits per heavy atom. The van der Waals surface area contributed by atoms with Crippen LogP contribution in [-0.4, -0.2) is 55.0 Å². The molecule has 154 valence electrons. The highest BCUT2D eigenvalue weighted by atomic mass is 35.5. The Morgan fingerprint density at radius 3 is 2.93 bits per heavy atom. The SMILES string of the molecule is Cl.O=C(NCC1CCCN(C(=O)C2Cc3cc(Cl)ccc3O2)C1)C1CCCN1. The van der Waals surface area contributed by atoms with E-state index in [4.69, 9.17) is 16.3 Å². The molecule has 2 saturated heterocycles. The van der Waals surface area contributed by atoms with Crippen LogP contribution in [0.1, 0.15) is 31.2 Å². The molecule has 1 aromatic rings. The summed E-state index contributed by atoms with van der Waals surface area (Å²) in [5.41, 5.74) is 0.991. The number of hydrogen-bond donors (Lipinski definition) is 2. The molecular weight excluding hydrogens is 401 g/mol. The fourth-order valence-electron chi connectivity index (χ4n) is 4.27. The number of rotatable bonds is 4. The van der Waals surface area contributed by atoms with Gasteiger partial charge in [0.25, 0.3) is 5.91 Å². The molecule has 2 fully saturated rings. The first-order chi connectivity index (χ1) is 13.1. The van der Waals surface area contributed by atoms with E-state index in [9.17, 15) is 9.59 Å². The van der Waals surface area contributed by atoms with Gasteiger partial charge in [-0.15, -0.1) is 12.4 Å². The van der Waals surface area contributed by atoms with Gasteiger partial charge in [-0.05, 0) is 61.9 Å². The molecule has 3 aliphatic rings. The van der Waals surface area contributed by atoms with E-state index >= 15 is 0 Å². The van der Waals surface area contributed by atoms with E-state index in [-0.39, 0.29) is 30.3 Å². The largest absolute Gasteiger partial charge is 0.480 e. The highest BCUT2D eigenvalue weighted by Gasteiger charge is 2.35. The summed E-state index contributed by atoms with van der Waals surface area (Å²) in [5.74, 6) is 1.17. The predicted octanol–water partition coefficient (Wildman–Crippen LogP) is 2.17. The van der Waals surface area contributed by atoms with Gasteiger partial charge in [0, 0.05) is 31.1 Å². The van der Waals surface area contributed by atoms with E-state index < -0.39 is 6.10 Å². The summed E-state index contributed by atoms with van der Waals surface area (Å²) in [6, 6.07) is 5.43. The number of benzene rings is 1. The minimum atomic E-state index is -0.463. The minimum absolute atomic E-state index is 0. The molecule has 4 rings (SSSR count). The summed E-state index contributed by atoms with van der Waals surface area (Å²) in [5, 5.41) is 6.94. The molecule has 2 N–H and O–H groups in total. The second kappa shape index (κ2) is 9.33. The normalized spacial score (nSPS) is 26.2. The van der Waals surface area contributed by atoms with Gasteiger partial charge in [-0.25, -0.2) is 0 Å². The van der Waals surface area contributed by atoms with Crippen LogP contribution in [0.25, 0.3) is 0 Å². The van der Waals surface area contributed by atoms with Crippen LogP contribution < -0.4 is 15.4 Å². The third-order valence-electron chi connectivity index (χ3n) is 5.74. The molecule has 3 unspecified atom stereocenters. The zero-order valence-electron chi connectivity index (χ0n) is 15.8. The zero-order chi connectivity index (χ0) is 18.8. The average Bonchev–Trinajstić information content (AvgIpc) is 3.35. The van der Waals surface area contributed by atoms with Crippen molar-refractivity contribution >= 4 is 35.8 Å². The summed E-state index contributed by atoms with van der Waals surface area (Å²) in [6.07, 6.45) is 4.06. The lowest BCUT2D eigenvalue weighted by atomic mass is 9.97. The third-order valence-corrected chi connectivity index (χ3v) is 5.98. The number of hydrogen-bond acceptors (Lipinski definition) is 4. The number of amides is 2. The topological polar surface area (TPSA) is 70.7 Å². The Bertz CT molecular complexity index is 725. The lowest BCUT2D eigenvalue weighted by Gasteiger charge is -2.34.